The summed E-state index contributed by atoms with van der Waals surface area (Å²) in [6.45, 7) is 2.27. The molecule has 25 heavy (non-hydrogen) atoms. The Morgan fingerprint density at radius 2 is 1.96 bits per heavy atom. The van der Waals surface area contributed by atoms with E-state index in [1.165, 1.54) is 0 Å². The normalized spacial score (nSPS) is 10.5. The third-order valence-corrected chi connectivity index (χ3v) is 4.33. The number of hydrogen-bond donors (Lipinski definition) is 0. The molecule has 0 fully saturated rings. The van der Waals surface area contributed by atoms with Crippen LogP contribution in [0, 0.1) is 6.92 Å². The van der Waals surface area contributed by atoms with E-state index in [9.17, 15) is 4.79 Å². The van der Waals surface area contributed by atoms with E-state index in [0.29, 0.717) is 30.2 Å². The average molecular weight is 398 g/mol. The lowest BCUT2D eigenvalue weighted by Gasteiger charge is -2.11. The number of ether oxygens (including phenoxy) is 1. The maximum absolute atomic E-state index is 11.0. The minimum atomic E-state index is 0.338. The highest BCUT2D eigenvalue weighted by atomic mass is 79.9. The van der Waals surface area contributed by atoms with Gasteiger partial charge in [-0.05, 0) is 36.8 Å². The lowest BCUT2D eigenvalue weighted by atomic mass is 10.1. The van der Waals surface area contributed by atoms with Gasteiger partial charge < -0.3 is 4.74 Å². The molecule has 0 aliphatic carbocycles. The number of aldehydes is 1. The van der Waals surface area contributed by atoms with Crippen LogP contribution in [-0.4, -0.2) is 21.2 Å². The van der Waals surface area contributed by atoms with Crippen molar-refractivity contribution in [1.82, 2.24) is 15.0 Å². The standard InChI is InChI=1S/C19H16BrN3O2/c1-13-6-17(20)15(11-24)7-18(13)25-12-14-9-22-19(23-10-14)8-16-4-2-3-5-21-16/h2-7,9-11H,8,12H2,1H3. The molecule has 0 spiro atoms. The summed E-state index contributed by atoms with van der Waals surface area (Å²) in [6, 6.07) is 9.36. The van der Waals surface area contributed by atoms with E-state index in [1.54, 1.807) is 24.7 Å². The van der Waals surface area contributed by atoms with Crippen molar-refractivity contribution in [2.75, 3.05) is 0 Å². The number of pyridine rings is 1. The van der Waals surface area contributed by atoms with Crippen molar-refractivity contribution in [3.63, 3.8) is 0 Å². The summed E-state index contributed by atoms with van der Waals surface area (Å²) in [7, 11) is 0. The predicted octanol–water partition coefficient (Wildman–Crippen LogP) is 3.92. The highest BCUT2D eigenvalue weighted by Gasteiger charge is 2.07. The molecule has 0 amide bonds. The largest absolute Gasteiger partial charge is 0.488 e. The molecule has 0 bridgehead atoms. The first kappa shape index (κ1) is 17.2. The summed E-state index contributed by atoms with van der Waals surface area (Å²) in [4.78, 5) is 24.0. The van der Waals surface area contributed by atoms with Crippen LogP contribution < -0.4 is 4.74 Å². The zero-order chi connectivity index (χ0) is 17.6. The van der Waals surface area contributed by atoms with Crippen LogP contribution in [0.25, 0.3) is 0 Å². The molecule has 6 heteroatoms. The first-order valence-electron chi connectivity index (χ1n) is 7.73. The summed E-state index contributed by atoms with van der Waals surface area (Å²) < 4.78 is 6.57. The molecule has 3 rings (SSSR count). The van der Waals surface area contributed by atoms with Crippen molar-refractivity contribution in [3.8, 4) is 5.75 Å². The molecule has 0 saturated carbocycles. The molecular weight excluding hydrogens is 382 g/mol. The summed E-state index contributed by atoms with van der Waals surface area (Å²) in [5, 5.41) is 0. The predicted molar refractivity (Wildman–Crippen MR) is 97.7 cm³/mol. The van der Waals surface area contributed by atoms with Gasteiger partial charge in [-0.1, -0.05) is 22.0 Å². The minimum Gasteiger partial charge on any atom is -0.488 e. The van der Waals surface area contributed by atoms with Crippen LogP contribution in [-0.2, 0) is 13.0 Å². The molecule has 2 heterocycles. The molecule has 3 aromatic rings. The van der Waals surface area contributed by atoms with E-state index in [-0.39, 0.29) is 0 Å². The summed E-state index contributed by atoms with van der Waals surface area (Å²) in [5.74, 6) is 1.38. The second kappa shape index (κ2) is 7.98. The van der Waals surface area contributed by atoms with Gasteiger partial charge in [0.25, 0.3) is 0 Å². The van der Waals surface area contributed by atoms with E-state index in [4.69, 9.17) is 4.74 Å². The first-order chi connectivity index (χ1) is 12.2. The Morgan fingerprint density at radius 1 is 1.16 bits per heavy atom. The van der Waals surface area contributed by atoms with Crippen molar-refractivity contribution in [1.29, 1.82) is 0 Å². The molecule has 126 valence electrons. The van der Waals surface area contributed by atoms with Crippen LogP contribution >= 0.6 is 15.9 Å². The SMILES string of the molecule is Cc1cc(Br)c(C=O)cc1OCc1cnc(Cc2ccccn2)nc1. The molecular formula is C19H16BrN3O2. The van der Waals surface area contributed by atoms with Gasteiger partial charge in [0.15, 0.2) is 6.29 Å². The van der Waals surface area contributed by atoms with Gasteiger partial charge in [-0.25, -0.2) is 9.97 Å². The molecule has 2 aromatic heterocycles. The van der Waals surface area contributed by atoms with E-state index in [2.05, 4.69) is 30.9 Å². The van der Waals surface area contributed by atoms with Crippen LogP contribution in [0.5, 0.6) is 5.75 Å². The third kappa shape index (κ3) is 4.48. The van der Waals surface area contributed by atoms with Gasteiger partial charge in [0, 0.05) is 46.3 Å². The minimum absolute atomic E-state index is 0.338. The molecule has 0 atom stereocenters. The zero-order valence-corrected chi connectivity index (χ0v) is 15.2. The van der Waals surface area contributed by atoms with Crippen LogP contribution in [0.2, 0.25) is 0 Å². The lowest BCUT2D eigenvalue weighted by molar-refractivity contribution is 0.112. The van der Waals surface area contributed by atoms with Gasteiger partial charge in [-0.3, -0.25) is 9.78 Å². The smallest absolute Gasteiger partial charge is 0.151 e. The molecule has 0 aliphatic rings. The van der Waals surface area contributed by atoms with Crippen LogP contribution in [0.1, 0.15) is 33.0 Å². The number of aryl methyl sites for hydroxylation is 1. The number of nitrogens with zero attached hydrogens (tertiary/aromatic N) is 3. The number of carbonyl (C=O) groups is 1. The topological polar surface area (TPSA) is 65.0 Å². The van der Waals surface area contributed by atoms with Gasteiger partial charge in [0.2, 0.25) is 0 Å². The quantitative estimate of drug-likeness (QED) is 0.589. The fourth-order valence-electron chi connectivity index (χ4n) is 2.29. The molecule has 0 N–H and O–H groups in total. The number of aromatic nitrogens is 3. The molecule has 0 radical (unpaired) electrons. The molecule has 0 saturated heterocycles. The summed E-state index contributed by atoms with van der Waals surface area (Å²) in [6.07, 6.45) is 6.65. The van der Waals surface area contributed by atoms with Gasteiger partial charge in [-0.2, -0.15) is 0 Å². The van der Waals surface area contributed by atoms with Crippen molar-refractivity contribution in [2.24, 2.45) is 0 Å². The Balaban J connectivity index is 1.65. The van der Waals surface area contributed by atoms with Gasteiger partial charge in [0.1, 0.15) is 18.2 Å². The Kier molecular flexibility index (Phi) is 5.50. The molecule has 5 nitrogen and oxygen atoms in total. The van der Waals surface area contributed by atoms with Gasteiger partial charge >= 0.3 is 0 Å². The molecule has 1 aromatic carbocycles. The summed E-state index contributed by atoms with van der Waals surface area (Å²) in [5.41, 5.74) is 3.30. The van der Waals surface area contributed by atoms with Crippen molar-refractivity contribution < 1.29 is 9.53 Å². The van der Waals surface area contributed by atoms with Crippen molar-refractivity contribution >= 4 is 22.2 Å². The second-order valence-corrected chi connectivity index (χ2v) is 6.41. The highest BCUT2D eigenvalue weighted by Crippen LogP contribution is 2.26. The molecule has 0 unspecified atom stereocenters. The Hall–Kier alpha value is -2.60. The van der Waals surface area contributed by atoms with E-state index in [0.717, 1.165) is 27.6 Å². The number of rotatable bonds is 6. The Labute approximate surface area is 154 Å². The van der Waals surface area contributed by atoms with Crippen LogP contribution in [0.3, 0.4) is 0 Å². The van der Waals surface area contributed by atoms with E-state index >= 15 is 0 Å². The van der Waals surface area contributed by atoms with E-state index < -0.39 is 0 Å². The number of hydrogen-bond acceptors (Lipinski definition) is 5. The maximum atomic E-state index is 11.0. The average Bonchev–Trinajstić information content (AvgIpc) is 2.63. The number of halogens is 1. The maximum Gasteiger partial charge on any atom is 0.151 e. The monoisotopic (exact) mass is 397 g/mol. The fourth-order valence-corrected chi connectivity index (χ4v) is 2.84. The first-order valence-corrected chi connectivity index (χ1v) is 8.53. The number of carbonyl (C=O) groups excluding carboxylic acids is 1. The third-order valence-electron chi connectivity index (χ3n) is 3.64. The summed E-state index contributed by atoms with van der Waals surface area (Å²) >= 11 is 3.36. The highest BCUT2D eigenvalue weighted by molar-refractivity contribution is 9.10. The van der Waals surface area contributed by atoms with Gasteiger partial charge in [0.05, 0.1) is 0 Å². The van der Waals surface area contributed by atoms with Gasteiger partial charge in [-0.15, -0.1) is 0 Å². The number of benzene rings is 1. The van der Waals surface area contributed by atoms with Crippen LogP contribution in [0.15, 0.2) is 53.4 Å². The van der Waals surface area contributed by atoms with Crippen molar-refractivity contribution in [3.05, 3.63) is 81.6 Å². The lowest BCUT2D eigenvalue weighted by Crippen LogP contribution is -2.03. The Bertz CT molecular complexity index is 868. The van der Waals surface area contributed by atoms with E-state index in [1.807, 2.05) is 31.2 Å². The zero-order valence-electron chi connectivity index (χ0n) is 13.6. The fraction of sp³-hybridized carbons (Fsp3) is 0.158. The Morgan fingerprint density at radius 3 is 2.64 bits per heavy atom. The van der Waals surface area contributed by atoms with Crippen LogP contribution in [0.4, 0.5) is 0 Å². The second-order valence-electron chi connectivity index (χ2n) is 5.55. The van der Waals surface area contributed by atoms with Crippen molar-refractivity contribution in [2.45, 2.75) is 20.0 Å². The molecule has 0 aliphatic heterocycles.